The highest BCUT2D eigenvalue weighted by Gasteiger charge is 2.19. The van der Waals surface area contributed by atoms with Crippen LogP contribution in [0.15, 0.2) is 23.1 Å². The number of sulfonamides is 1. The predicted molar refractivity (Wildman–Crippen MR) is 75.7 cm³/mol. The van der Waals surface area contributed by atoms with E-state index in [1.807, 2.05) is 0 Å². The lowest BCUT2D eigenvalue weighted by Gasteiger charge is -2.10. The standard InChI is InChI=1S/C12H15N5O2S/c1-7-10(13)5-4-6-11(7)20(18,19)17-12-14-8(2)9(3)15-16-12/h4-6H,13H2,1-3H3,(H,14,16,17). The normalized spacial score (nSPS) is 11.3. The van der Waals surface area contributed by atoms with Gasteiger partial charge in [0.05, 0.1) is 16.3 Å². The summed E-state index contributed by atoms with van der Waals surface area (Å²) in [6.45, 7) is 5.12. The molecule has 2 aromatic rings. The number of nitrogen functional groups attached to an aromatic ring is 1. The molecule has 1 aromatic carbocycles. The van der Waals surface area contributed by atoms with Crippen molar-refractivity contribution in [3.8, 4) is 0 Å². The molecule has 0 radical (unpaired) electrons. The van der Waals surface area contributed by atoms with E-state index in [4.69, 9.17) is 5.73 Å². The number of rotatable bonds is 3. The summed E-state index contributed by atoms with van der Waals surface area (Å²) in [5, 5.41) is 7.55. The second-order valence-electron chi connectivity index (χ2n) is 4.38. The molecule has 0 aliphatic heterocycles. The third-order valence-corrected chi connectivity index (χ3v) is 4.41. The largest absolute Gasteiger partial charge is 0.398 e. The Morgan fingerprint density at radius 2 is 1.80 bits per heavy atom. The van der Waals surface area contributed by atoms with Gasteiger partial charge in [0.25, 0.3) is 16.0 Å². The van der Waals surface area contributed by atoms with Crippen LogP contribution >= 0.6 is 0 Å². The van der Waals surface area contributed by atoms with E-state index in [-0.39, 0.29) is 10.8 Å². The van der Waals surface area contributed by atoms with Crippen molar-refractivity contribution in [2.75, 3.05) is 10.5 Å². The van der Waals surface area contributed by atoms with E-state index in [1.165, 1.54) is 6.07 Å². The molecule has 0 amide bonds. The molecular formula is C12H15N5O2S. The smallest absolute Gasteiger partial charge is 0.264 e. The number of benzene rings is 1. The van der Waals surface area contributed by atoms with E-state index in [0.29, 0.717) is 22.6 Å². The van der Waals surface area contributed by atoms with Gasteiger partial charge in [-0.15, -0.1) is 5.10 Å². The van der Waals surface area contributed by atoms with Crippen LogP contribution in [0, 0.1) is 20.8 Å². The molecule has 0 aliphatic rings. The predicted octanol–water partition coefficient (Wildman–Crippen LogP) is 1.18. The summed E-state index contributed by atoms with van der Waals surface area (Å²) in [4.78, 5) is 4.14. The Morgan fingerprint density at radius 3 is 2.45 bits per heavy atom. The molecule has 0 bridgehead atoms. The van der Waals surface area contributed by atoms with Crippen molar-refractivity contribution in [2.45, 2.75) is 25.7 Å². The van der Waals surface area contributed by atoms with E-state index in [9.17, 15) is 8.42 Å². The van der Waals surface area contributed by atoms with Gasteiger partial charge in [0, 0.05) is 5.69 Å². The van der Waals surface area contributed by atoms with Crippen LogP contribution in [0.25, 0.3) is 0 Å². The first-order valence-electron chi connectivity index (χ1n) is 5.87. The lowest BCUT2D eigenvalue weighted by molar-refractivity contribution is 0.600. The van der Waals surface area contributed by atoms with E-state index in [2.05, 4.69) is 19.9 Å². The molecule has 0 fully saturated rings. The second-order valence-corrected chi connectivity index (χ2v) is 6.03. The molecule has 1 aromatic heterocycles. The Kier molecular flexibility index (Phi) is 3.58. The summed E-state index contributed by atoms with van der Waals surface area (Å²) in [6, 6.07) is 4.70. The average Bonchev–Trinajstić information content (AvgIpc) is 2.36. The Morgan fingerprint density at radius 1 is 1.10 bits per heavy atom. The maximum atomic E-state index is 12.3. The van der Waals surface area contributed by atoms with Gasteiger partial charge in [0.2, 0.25) is 0 Å². The topological polar surface area (TPSA) is 111 Å². The van der Waals surface area contributed by atoms with Crippen molar-refractivity contribution >= 4 is 21.7 Å². The number of hydrogen-bond donors (Lipinski definition) is 2. The van der Waals surface area contributed by atoms with Crippen LogP contribution in [-0.2, 0) is 10.0 Å². The zero-order valence-electron chi connectivity index (χ0n) is 11.4. The molecule has 7 nitrogen and oxygen atoms in total. The molecular weight excluding hydrogens is 278 g/mol. The molecule has 106 valence electrons. The van der Waals surface area contributed by atoms with Crippen LogP contribution in [0.4, 0.5) is 11.6 Å². The van der Waals surface area contributed by atoms with Crippen molar-refractivity contribution in [1.82, 2.24) is 15.2 Å². The Balaban J connectivity index is 2.41. The monoisotopic (exact) mass is 293 g/mol. The molecule has 0 saturated carbocycles. The molecule has 3 N–H and O–H groups in total. The molecule has 0 unspecified atom stereocenters. The lowest BCUT2D eigenvalue weighted by Crippen LogP contribution is -2.17. The summed E-state index contributed by atoms with van der Waals surface area (Å²) in [5.74, 6) is -0.0603. The fourth-order valence-corrected chi connectivity index (χ4v) is 2.81. The first-order valence-corrected chi connectivity index (χ1v) is 7.35. The summed E-state index contributed by atoms with van der Waals surface area (Å²) in [5.41, 5.74) is 7.87. The number of nitrogens with zero attached hydrogens (tertiary/aromatic N) is 3. The summed E-state index contributed by atoms with van der Waals surface area (Å²) < 4.78 is 26.9. The number of nitrogens with one attached hydrogen (secondary N) is 1. The van der Waals surface area contributed by atoms with Crippen molar-refractivity contribution in [1.29, 1.82) is 0 Å². The minimum Gasteiger partial charge on any atom is -0.398 e. The fraction of sp³-hybridized carbons (Fsp3) is 0.250. The Labute approximate surface area is 117 Å². The fourth-order valence-electron chi connectivity index (χ4n) is 1.60. The molecule has 0 atom stereocenters. The molecule has 2 rings (SSSR count). The van der Waals surface area contributed by atoms with Crippen LogP contribution in [0.3, 0.4) is 0 Å². The van der Waals surface area contributed by atoms with Gasteiger partial charge >= 0.3 is 0 Å². The zero-order chi connectivity index (χ0) is 14.9. The van der Waals surface area contributed by atoms with Crippen molar-refractivity contribution < 1.29 is 8.42 Å². The highest BCUT2D eigenvalue weighted by Crippen LogP contribution is 2.22. The summed E-state index contributed by atoms with van der Waals surface area (Å²) >= 11 is 0. The first kappa shape index (κ1) is 14.2. The van der Waals surface area contributed by atoms with Crippen molar-refractivity contribution in [3.05, 3.63) is 35.2 Å². The van der Waals surface area contributed by atoms with Gasteiger partial charge in [-0.05, 0) is 38.5 Å². The maximum absolute atomic E-state index is 12.3. The molecule has 1 heterocycles. The molecule has 0 spiro atoms. The average molecular weight is 293 g/mol. The zero-order valence-corrected chi connectivity index (χ0v) is 12.2. The number of aromatic nitrogens is 3. The van der Waals surface area contributed by atoms with E-state index < -0.39 is 10.0 Å². The van der Waals surface area contributed by atoms with Gasteiger partial charge in [0.15, 0.2) is 0 Å². The second kappa shape index (κ2) is 5.04. The van der Waals surface area contributed by atoms with E-state index in [1.54, 1.807) is 32.9 Å². The van der Waals surface area contributed by atoms with Gasteiger partial charge in [-0.2, -0.15) is 5.10 Å². The third kappa shape index (κ3) is 2.69. The third-order valence-electron chi connectivity index (χ3n) is 2.93. The molecule has 0 aliphatic carbocycles. The Hall–Kier alpha value is -2.22. The van der Waals surface area contributed by atoms with Gasteiger partial charge in [-0.3, -0.25) is 0 Å². The highest BCUT2D eigenvalue weighted by atomic mass is 32.2. The SMILES string of the molecule is Cc1nnc(NS(=O)(=O)c2cccc(N)c2C)nc1C. The van der Waals surface area contributed by atoms with E-state index >= 15 is 0 Å². The quantitative estimate of drug-likeness (QED) is 0.822. The van der Waals surface area contributed by atoms with Crippen molar-refractivity contribution in [2.24, 2.45) is 0 Å². The maximum Gasteiger partial charge on any atom is 0.264 e. The number of aryl methyl sites for hydroxylation is 2. The first-order chi connectivity index (χ1) is 9.31. The minimum atomic E-state index is -3.79. The molecule has 0 saturated heterocycles. The van der Waals surface area contributed by atoms with Crippen LogP contribution in [0.1, 0.15) is 17.0 Å². The van der Waals surface area contributed by atoms with Gasteiger partial charge in [0.1, 0.15) is 0 Å². The van der Waals surface area contributed by atoms with Gasteiger partial charge in [-0.1, -0.05) is 6.07 Å². The Bertz CT molecular complexity index is 758. The number of anilines is 2. The number of hydrogen-bond acceptors (Lipinski definition) is 6. The molecule has 20 heavy (non-hydrogen) atoms. The van der Waals surface area contributed by atoms with Crippen molar-refractivity contribution in [3.63, 3.8) is 0 Å². The lowest BCUT2D eigenvalue weighted by atomic mass is 10.2. The molecule has 8 heteroatoms. The van der Waals surface area contributed by atoms with Crippen LogP contribution in [0.5, 0.6) is 0 Å². The highest BCUT2D eigenvalue weighted by molar-refractivity contribution is 7.92. The van der Waals surface area contributed by atoms with Crippen LogP contribution in [0.2, 0.25) is 0 Å². The van der Waals surface area contributed by atoms with E-state index in [0.717, 1.165) is 0 Å². The summed E-state index contributed by atoms with van der Waals surface area (Å²) in [7, 11) is -3.79. The minimum absolute atomic E-state index is 0.0603. The summed E-state index contributed by atoms with van der Waals surface area (Å²) in [6.07, 6.45) is 0. The van der Waals surface area contributed by atoms with Gasteiger partial charge in [-0.25, -0.2) is 18.1 Å². The number of nitrogens with two attached hydrogens (primary N) is 1. The van der Waals surface area contributed by atoms with Crippen LogP contribution in [-0.4, -0.2) is 23.6 Å². The van der Waals surface area contributed by atoms with Gasteiger partial charge < -0.3 is 5.73 Å². The van der Waals surface area contributed by atoms with Crippen LogP contribution < -0.4 is 10.5 Å².